The zero-order valence-electron chi connectivity index (χ0n) is 9.59. The summed E-state index contributed by atoms with van der Waals surface area (Å²) in [5.74, 6) is 0. The molecule has 2 aromatic rings. The normalized spacial score (nSPS) is 11.5. The summed E-state index contributed by atoms with van der Waals surface area (Å²) in [5.41, 5.74) is -2.12. The fraction of sp³-hybridized carbons (Fsp3) is 0.167. The largest absolute Gasteiger partial charge is 0.495 e. The lowest BCUT2D eigenvalue weighted by Crippen LogP contribution is -2.45. The van der Waals surface area contributed by atoms with E-state index in [0.717, 1.165) is 16.8 Å². The number of nitrogens with zero attached hydrogens (tertiary/aromatic N) is 2. The minimum Gasteiger partial charge on any atom is -0.296 e. The SMILES string of the molecule is O=c1ccn(Cc2ccccc2)c(=O)n1C(F)(F)F. The van der Waals surface area contributed by atoms with Crippen LogP contribution in [0.25, 0.3) is 0 Å². The van der Waals surface area contributed by atoms with E-state index in [1.54, 1.807) is 30.3 Å². The van der Waals surface area contributed by atoms with Gasteiger partial charge in [0.15, 0.2) is 0 Å². The predicted molar refractivity (Wildman–Crippen MR) is 61.8 cm³/mol. The molecule has 0 aliphatic carbocycles. The van der Waals surface area contributed by atoms with Crippen LogP contribution in [0.3, 0.4) is 0 Å². The fourth-order valence-electron chi connectivity index (χ4n) is 1.65. The van der Waals surface area contributed by atoms with Crippen molar-refractivity contribution in [2.45, 2.75) is 12.8 Å². The summed E-state index contributed by atoms with van der Waals surface area (Å²) in [4.78, 5) is 22.8. The number of hydrogen-bond donors (Lipinski definition) is 0. The Balaban J connectivity index is 2.50. The summed E-state index contributed by atoms with van der Waals surface area (Å²) in [6, 6.07) is 9.24. The topological polar surface area (TPSA) is 44.0 Å². The third kappa shape index (κ3) is 2.75. The summed E-state index contributed by atoms with van der Waals surface area (Å²) in [6.45, 7) is -0.0317. The van der Waals surface area contributed by atoms with Crippen LogP contribution in [0, 0.1) is 0 Å². The first kappa shape index (κ1) is 13.1. The van der Waals surface area contributed by atoms with Crippen LogP contribution in [0.15, 0.2) is 52.2 Å². The first-order chi connectivity index (χ1) is 8.89. The van der Waals surface area contributed by atoms with Crippen molar-refractivity contribution in [3.05, 3.63) is 69.0 Å². The smallest absolute Gasteiger partial charge is 0.296 e. The average Bonchev–Trinajstić information content (AvgIpc) is 2.32. The highest BCUT2D eigenvalue weighted by molar-refractivity contribution is 5.15. The van der Waals surface area contributed by atoms with Crippen molar-refractivity contribution in [3.8, 4) is 0 Å². The molecular weight excluding hydrogens is 261 g/mol. The lowest BCUT2D eigenvalue weighted by atomic mass is 10.2. The summed E-state index contributed by atoms with van der Waals surface area (Å²) in [7, 11) is 0. The van der Waals surface area contributed by atoms with Gasteiger partial charge in [-0.25, -0.2) is 4.79 Å². The highest BCUT2D eigenvalue weighted by Crippen LogP contribution is 2.17. The Morgan fingerprint density at radius 1 is 1.00 bits per heavy atom. The molecule has 0 aliphatic rings. The van der Waals surface area contributed by atoms with E-state index < -0.39 is 22.1 Å². The second kappa shape index (κ2) is 4.75. The van der Waals surface area contributed by atoms with Crippen LogP contribution >= 0.6 is 0 Å². The molecule has 0 atom stereocenters. The van der Waals surface area contributed by atoms with Gasteiger partial charge in [-0.2, -0.15) is 4.57 Å². The summed E-state index contributed by atoms with van der Waals surface area (Å²) < 4.78 is 37.9. The average molecular weight is 270 g/mol. The van der Waals surface area contributed by atoms with Crippen molar-refractivity contribution in [1.82, 2.24) is 9.13 Å². The molecule has 0 bridgehead atoms. The quantitative estimate of drug-likeness (QED) is 0.830. The standard InChI is InChI=1S/C12H9F3N2O2/c13-12(14,15)17-10(18)6-7-16(11(17)19)8-9-4-2-1-3-5-9/h1-7H,8H2. The van der Waals surface area contributed by atoms with E-state index in [-0.39, 0.29) is 6.54 Å². The third-order valence-electron chi connectivity index (χ3n) is 2.50. The molecule has 0 saturated heterocycles. The molecule has 0 N–H and O–H groups in total. The van der Waals surface area contributed by atoms with Gasteiger partial charge >= 0.3 is 12.0 Å². The minimum atomic E-state index is -5.02. The highest BCUT2D eigenvalue weighted by Gasteiger charge is 2.34. The molecule has 0 fully saturated rings. The lowest BCUT2D eigenvalue weighted by molar-refractivity contribution is -0.209. The monoisotopic (exact) mass is 270 g/mol. The molecule has 0 saturated carbocycles. The van der Waals surface area contributed by atoms with Gasteiger partial charge in [0, 0.05) is 12.3 Å². The Labute approximate surface area is 105 Å². The molecule has 7 heteroatoms. The van der Waals surface area contributed by atoms with Crippen molar-refractivity contribution < 1.29 is 13.2 Å². The number of hydrogen-bond acceptors (Lipinski definition) is 2. The molecule has 100 valence electrons. The zero-order chi connectivity index (χ0) is 14.0. The zero-order valence-corrected chi connectivity index (χ0v) is 9.59. The Bertz CT molecular complexity index is 687. The van der Waals surface area contributed by atoms with Gasteiger partial charge in [-0.1, -0.05) is 30.3 Å². The van der Waals surface area contributed by atoms with E-state index >= 15 is 0 Å². The molecule has 1 aromatic heterocycles. The van der Waals surface area contributed by atoms with E-state index in [4.69, 9.17) is 0 Å². The minimum absolute atomic E-state index is 0.0317. The third-order valence-corrected chi connectivity index (χ3v) is 2.50. The lowest BCUT2D eigenvalue weighted by Gasteiger charge is -2.11. The molecule has 0 spiro atoms. The van der Waals surface area contributed by atoms with Crippen molar-refractivity contribution in [2.24, 2.45) is 0 Å². The van der Waals surface area contributed by atoms with Gasteiger partial charge in [0.25, 0.3) is 5.56 Å². The maximum atomic E-state index is 12.6. The Morgan fingerprint density at radius 3 is 2.21 bits per heavy atom. The first-order valence-corrected chi connectivity index (χ1v) is 5.33. The summed E-state index contributed by atoms with van der Waals surface area (Å²) >= 11 is 0. The van der Waals surface area contributed by atoms with E-state index in [2.05, 4.69) is 0 Å². The van der Waals surface area contributed by atoms with Gasteiger partial charge in [-0.3, -0.25) is 9.36 Å². The van der Waals surface area contributed by atoms with Crippen LogP contribution in [0.5, 0.6) is 0 Å². The molecule has 1 aromatic carbocycles. The number of rotatable bonds is 2. The van der Waals surface area contributed by atoms with Crippen molar-refractivity contribution >= 4 is 0 Å². The van der Waals surface area contributed by atoms with Crippen LogP contribution < -0.4 is 11.2 Å². The second-order valence-corrected chi connectivity index (χ2v) is 3.85. The van der Waals surface area contributed by atoms with Crippen LogP contribution in [0.2, 0.25) is 0 Å². The van der Waals surface area contributed by atoms with Crippen LogP contribution in [0.4, 0.5) is 13.2 Å². The number of halogens is 3. The maximum absolute atomic E-state index is 12.6. The van der Waals surface area contributed by atoms with E-state index in [9.17, 15) is 22.8 Å². The fourth-order valence-corrected chi connectivity index (χ4v) is 1.65. The molecule has 1 heterocycles. The molecule has 0 unspecified atom stereocenters. The van der Waals surface area contributed by atoms with Gasteiger partial charge in [0.1, 0.15) is 0 Å². The van der Waals surface area contributed by atoms with Crippen molar-refractivity contribution in [3.63, 3.8) is 0 Å². The number of alkyl halides is 3. The Kier molecular flexibility index (Phi) is 3.28. The molecule has 0 amide bonds. The molecule has 0 aliphatic heterocycles. The second-order valence-electron chi connectivity index (χ2n) is 3.85. The molecule has 19 heavy (non-hydrogen) atoms. The summed E-state index contributed by atoms with van der Waals surface area (Å²) in [6.07, 6.45) is -3.96. The van der Waals surface area contributed by atoms with Gasteiger partial charge in [0.05, 0.1) is 6.54 Å². The molecule has 0 radical (unpaired) electrons. The van der Waals surface area contributed by atoms with Crippen LogP contribution in [-0.4, -0.2) is 9.13 Å². The Hall–Kier alpha value is -2.31. The van der Waals surface area contributed by atoms with Gasteiger partial charge in [-0.15, -0.1) is 13.2 Å². The van der Waals surface area contributed by atoms with E-state index in [0.29, 0.717) is 5.56 Å². The van der Waals surface area contributed by atoms with Crippen LogP contribution in [-0.2, 0) is 12.8 Å². The van der Waals surface area contributed by atoms with Gasteiger partial charge in [-0.05, 0) is 5.56 Å². The summed E-state index contributed by atoms with van der Waals surface area (Å²) in [5, 5.41) is 0. The highest BCUT2D eigenvalue weighted by atomic mass is 19.4. The van der Waals surface area contributed by atoms with Crippen LogP contribution in [0.1, 0.15) is 5.56 Å². The van der Waals surface area contributed by atoms with Gasteiger partial charge in [0.2, 0.25) is 0 Å². The van der Waals surface area contributed by atoms with Gasteiger partial charge < -0.3 is 0 Å². The molecule has 4 nitrogen and oxygen atoms in total. The van der Waals surface area contributed by atoms with E-state index in [1.807, 2.05) is 0 Å². The molecular formula is C12H9F3N2O2. The van der Waals surface area contributed by atoms with Crippen molar-refractivity contribution in [2.75, 3.05) is 0 Å². The molecule has 2 rings (SSSR count). The van der Waals surface area contributed by atoms with Crippen molar-refractivity contribution in [1.29, 1.82) is 0 Å². The number of benzene rings is 1. The number of aromatic nitrogens is 2. The Morgan fingerprint density at radius 2 is 1.63 bits per heavy atom. The maximum Gasteiger partial charge on any atom is 0.495 e. The van der Waals surface area contributed by atoms with E-state index in [1.165, 1.54) is 0 Å². The first-order valence-electron chi connectivity index (χ1n) is 5.33. The predicted octanol–water partition coefficient (Wildman–Crippen LogP) is 1.53.